The Morgan fingerprint density at radius 1 is 0.824 bits per heavy atom. The third-order valence-electron chi connectivity index (χ3n) is 3.42. The van der Waals surface area contributed by atoms with Gasteiger partial charge in [0.15, 0.2) is 11.6 Å². The van der Waals surface area contributed by atoms with E-state index >= 15 is 0 Å². The number of carbonyl (C=O) groups excluding carboxylic acids is 2. The minimum absolute atomic E-state index is 0.128. The van der Waals surface area contributed by atoms with Crippen molar-refractivity contribution in [3.05, 3.63) is 0 Å². The lowest BCUT2D eigenvalue weighted by atomic mass is 10.0. The van der Waals surface area contributed by atoms with Crippen molar-refractivity contribution in [2.24, 2.45) is 0 Å². The van der Waals surface area contributed by atoms with Crippen molar-refractivity contribution >= 4 is 11.6 Å². The fraction of sp³-hybridized carbons (Fsp3) is 0.846. The summed E-state index contributed by atoms with van der Waals surface area (Å²) in [5.41, 5.74) is 0. The Balaban J connectivity index is 1.92. The van der Waals surface area contributed by atoms with Gasteiger partial charge in [-0.05, 0) is 25.7 Å². The standard InChI is InChI=1S/C13H20O4/c14-10-5-1-3-7-16-12(10)9-13-11(15)6-2-4-8-17-13/h12-13H,1-9H2. The molecule has 0 N–H and O–H groups in total. The van der Waals surface area contributed by atoms with Crippen LogP contribution in [0, 0.1) is 0 Å². The maximum Gasteiger partial charge on any atom is 0.161 e. The molecule has 2 heterocycles. The maximum absolute atomic E-state index is 11.8. The summed E-state index contributed by atoms with van der Waals surface area (Å²) in [6.07, 6.45) is 4.37. The third-order valence-corrected chi connectivity index (χ3v) is 3.42. The topological polar surface area (TPSA) is 52.6 Å². The van der Waals surface area contributed by atoms with Gasteiger partial charge in [0.2, 0.25) is 0 Å². The van der Waals surface area contributed by atoms with Crippen molar-refractivity contribution in [1.82, 2.24) is 0 Å². The first-order valence-electron chi connectivity index (χ1n) is 6.56. The van der Waals surface area contributed by atoms with Crippen LogP contribution in [0.5, 0.6) is 0 Å². The van der Waals surface area contributed by atoms with Gasteiger partial charge in [-0.3, -0.25) is 9.59 Å². The highest BCUT2D eigenvalue weighted by molar-refractivity contribution is 5.86. The molecule has 2 rings (SSSR count). The highest BCUT2D eigenvalue weighted by atomic mass is 16.5. The average molecular weight is 240 g/mol. The van der Waals surface area contributed by atoms with Crippen LogP contribution in [-0.2, 0) is 19.1 Å². The molecule has 0 aromatic carbocycles. The normalized spacial score (nSPS) is 32.0. The van der Waals surface area contributed by atoms with Crippen LogP contribution >= 0.6 is 0 Å². The van der Waals surface area contributed by atoms with E-state index in [0.717, 1.165) is 25.7 Å². The Bertz CT molecular complexity index is 259. The second-order valence-electron chi connectivity index (χ2n) is 4.80. The molecule has 0 bridgehead atoms. The van der Waals surface area contributed by atoms with Crippen LogP contribution in [0.15, 0.2) is 0 Å². The Hall–Kier alpha value is -0.740. The van der Waals surface area contributed by atoms with Gasteiger partial charge in [-0.1, -0.05) is 0 Å². The van der Waals surface area contributed by atoms with E-state index in [0.29, 0.717) is 32.5 Å². The van der Waals surface area contributed by atoms with Crippen molar-refractivity contribution in [1.29, 1.82) is 0 Å². The van der Waals surface area contributed by atoms with Crippen LogP contribution in [-0.4, -0.2) is 37.0 Å². The zero-order chi connectivity index (χ0) is 12.1. The van der Waals surface area contributed by atoms with E-state index in [4.69, 9.17) is 9.47 Å². The Morgan fingerprint density at radius 3 is 1.76 bits per heavy atom. The molecule has 2 fully saturated rings. The quantitative estimate of drug-likeness (QED) is 0.736. The summed E-state index contributed by atoms with van der Waals surface area (Å²) >= 11 is 0. The number of ketones is 2. The van der Waals surface area contributed by atoms with E-state index in [1.807, 2.05) is 0 Å². The molecule has 0 spiro atoms. The van der Waals surface area contributed by atoms with Crippen molar-refractivity contribution in [2.45, 2.75) is 57.2 Å². The van der Waals surface area contributed by atoms with E-state index in [9.17, 15) is 9.59 Å². The van der Waals surface area contributed by atoms with Crippen molar-refractivity contribution < 1.29 is 19.1 Å². The second-order valence-corrected chi connectivity index (χ2v) is 4.80. The Kier molecular flexibility index (Phi) is 4.68. The van der Waals surface area contributed by atoms with Crippen LogP contribution < -0.4 is 0 Å². The molecule has 0 aromatic heterocycles. The second kappa shape index (κ2) is 6.26. The van der Waals surface area contributed by atoms with Crippen molar-refractivity contribution in [2.75, 3.05) is 13.2 Å². The lowest BCUT2D eigenvalue weighted by Gasteiger charge is -2.19. The SMILES string of the molecule is O=C1CCCCOC1CC1OCCCCC1=O. The molecular formula is C13H20O4. The first-order valence-corrected chi connectivity index (χ1v) is 6.56. The summed E-state index contributed by atoms with van der Waals surface area (Å²) in [4.78, 5) is 23.6. The van der Waals surface area contributed by atoms with Gasteiger partial charge in [-0.2, -0.15) is 0 Å². The molecule has 17 heavy (non-hydrogen) atoms. The smallest absolute Gasteiger partial charge is 0.161 e. The maximum atomic E-state index is 11.8. The summed E-state index contributed by atoms with van der Waals surface area (Å²) in [6.45, 7) is 1.24. The van der Waals surface area contributed by atoms with Gasteiger partial charge in [-0.25, -0.2) is 0 Å². The van der Waals surface area contributed by atoms with Gasteiger partial charge in [0.1, 0.15) is 12.2 Å². The van der Waals surface area contributed by atoms with Gasteiger partial charge in [-0.15, -0.1) is 0 Å². The zero-order valence-electron chi connectivity index (χ0n) is 10.2. The lowest BCUT2D eigenvalue weighted by Crippen LogP contribution is -2.33. The number of Topliss-reactive ketones (excluding diaryl/α,β-unsaturated/α-hetero) is 2. The molecule has 0 aromatic rings. The van der Waals surface area contributed by atoms with E-state index in [1.165, 1.54) is 0 Å². The molecule has 2 aliphatic rings. The first-order chi connectivity index (χ1) is 8.27. The molecular weight excluding hydrogens is 220 g/mol. The van der Waals surface area contributed by atoms with E-state index in [1.54, 1.807) is 0 Å². The minimum atomic E-state index is -0.426. The molecule has 0 radical (unpaired) electrons. The fourth-order valence-electron chi connectivity index (χ4n) is 2.36. The van der Waals surface area contributed by atoms with Crippen LogP contribution in [0.25, 0.3) is 0 Å². The number of hydrogen-bond acceptors (Lipinski definition) is 4. The van der Waals surface area contributed by atoms with Gasteiger partial charge in [0, 0.05) is 32.5 Å². The van der Waals surface area contributed by atoms with Crippen LogP contribution in [0.1, 0.15) is 44.9 Å². The van der Waals surface area contributed by atoms with Crippen molar-refractivity contribution in [3.8, 4) is 0 Å². The van der Waals surface area contributed by atoms with E-state index in [-0.39, 0.29) is 11.6 Å². The molecule has 2 atom stereocenters. The summed E-state index contributed by atoms with van der Waals surface area (Å²) in [5, 5.41) is 0. The average Bonchev–Trinajstić information content (AvgIpc) is 2.63. The monoisotopic (exact) mass is 240 g/mol. The number of hydrogen-bond donors (Lipinski definition) is 0. The Morgan fingerprint density at radius 2 is 1.29 bits per heavy atom. The van der Waals surface area contributed by atoms with Gasteiger partial charge in [0.05, 0.1) is 0 Å². The first kappa shape index (κ1) is 12.7. The summed E-state index contributed by atoms with van der Waals surface area (Å²) in [6, 6.07) is 0. The van der Waals surface area contributed by atoms with E-state index in [2.05, 4.69) is 0 Å². The fourth-order valence-corrected chi connectivity index (χ4v) is 2.36. The predicted octanol–water partition coefficient (Wildman–Crippen LogP) is 1.65. The van der Waals surface area contributed by atoms with Crippen LogP contribution in [0.2, 0.25) is 0 Å². The van der Waals surface area contributed by atoms with Crippen LogP contribution in [0.3, 0.4) is 0 Å². The Labute approximate surface area is 102 Å². The number of carbonyl (C=O) groups is 2. The highest BCUT2D eigenvalue weighted by Gasteiger charge is 2.30. The largest absolute Gasteiger partial charge is 0.370 e. The molecule has 2 saturated heterocycles. The third kappa shape index (κ3) is 3.61. The molecule has 4 heteroatoms. The molecule has 4 nitrogen and oxygen atoms in total. The van der Waals surface area contributed by atoms with Gasteiger partial charge < -0.3 is 9.47 Å². The minimum Gasteiger partial charge on any atom is -0.370 e. The van der Waals surface area contributed by atoms with Gasteiger partial charge >= 0.3 is 0 Å². The van der Waals surface area contributed by atoms with Gasteiger partial charge in [0.25, 0.3) is 0 Å². The predicted molar refractivity (Wildman–Crippen MR) is 61.8 cm³/mol. The number of ether oxygens (including phenoxy) is 2. The molecule has 2 unspecified atom stereocenters. The highest BCUT2D eigenvalue weighted by Crippen LogP contribution is 2.19. The van der Waals surface area contributed by atoms with E-state index < -0.39 is 12.2 Å². The van der Waals surface area contributed by atoms with Crippen LogP contribution in [0.4, 0.5) is 0 Å². The molecule has 2 aliphatic heterocycles. The zero-order valence-corrected chi connectivity index (χ0v) is 10.2. The molecule has 0 saturated carbocycles. The summed E-state index contributed by atoms with van der Waals surface area (Å²) in [7, 11) is 0. The van der Waals surface area contributed by atoms with Crippen molar-refractivity contribution in [3.63, 3.8) is 0 Å². The molecule has 0 amide bonds. The number of rotatable bonds is 2. The summed E-state index contributed by atoms with van der Waals surface area (Å²) in [5.74, 6) is 0.256. The summed E-state index contributed by atoms with van der Waals surface area (Å²) < 4.78 is 11.1. The molecule has 96 valence electrons. The lowest BCUT2D eigenvalue weighted by molar-refractivity contribution is -0.137. The molecule has 0 aliphatic carbocycles.